The van der Waals surface area contributed by atoms with Crippen LogP contribution in [-0.4, -0.2) is 22.4 Å². The molecule has 0 fully saturated rings. The van der Waals surface area contributed by atoms with E-state index in [-0.39, 0.29) is 0 Å². The maximum atomic E-state index is 9.92. The van der Waals surface area contributed by atoms with E-state index < -0.39 is 38.4 Å². The fraction of sp³-hybridized carbons (Fsp3) is 0. The summed E-state index contributed by atoms with van der Waals surface area (Å²) in [6, 6.07) is 0. The molecule has 0 rings (SSSR count). The molecule has 0 atom stereocenters. The van der Waals surface area contributed by atoms with Crippen LogP contribution in [0.4, 0.5) is 6.42 Å². The van der Waals surface area contributed by atoms with Gasteiger partial charge in [0.2, 0.25) is 0 Å². The van der Waals surface area contributed by atoms with Crippen molar-refractivity contribution in [3.8, 4) is 0 Å². The molecule has 55 valence electrons. The summed E-state index contributed by atoms with van der Waals surface area (Å²) in [5, 5.41) is 21.5. The standard InChI is InChI=1S/BH3O3.4FH.La/c2-1(3)4;;;;;/h2-4H;4*1H;/q;;;;;+4/p-4. The van der Waals surface area contributed by atoms with Crippen LogP contribution in [0.15, 0.2) is 0 Å². The van der Waals surface area contributed by atoms with Crippen LogP contribution >= 0.6 is 0 Å². The molecular weight excluding hydrogens is 274 g/mol. The molecule has 0 saturated carbocycles. The number of hydrogen-bond acceptors (Lipinski definition) is 3. The Morgan fingerprint density at radius 1 is 0.889 bits per heavy atom. The van der Waals surface area contributed by atoms with Gasteiger partial charge in [0.15, 0.2) is 0 Å². The minimum atomic E-state index is -7.33. The van der Waals surface area contributed by atoms with Crippen molar-refractivity contribution < 1.29 is 52.6 Å². The predicted octanol–water partition coefficient (Wildman–Crippen LogP) is -0.371. The SMILES string of the molecule is OB(O)O.[F][La]([F])([F])[F]. The Balaban J connectivity index is 0. The van der Waals surface area contributed by atoms with Crippen LogP contribution in [0.5, 0.6) is 0 Å². The normalized spacial score (nSPS) is 9.67. The van der Waals surface area contributed by atoms with Crippen molar-refractivity contribution in [2.75, 3.05) is 0 Å². The van der Waals surface area contributed by atoms with Crippen LogP contribution in [-0.2, 0) is 0 Å². The summed E-state index contributed by atoms with van der Waals surface area (Å²) in [6.45, 7) is 0. The van der Waals surface area contributed by atoms with Gasteiger partial charge in [0.05, 0.1) is 0 Å². The molecule has 9 heavy (non-hydrogen) atoms. The van der Waals surface area contributed by atoms with Gasteiger partial charge in [0, 0.05) is 0 Å². The van der Waals surface area contributed by atoms with Crippen molar-refractivity contribution in [1.29, 1.82) is 0 Å². The number of halogens is 4. The van der Waals surface area contributed by atoms with Crippen LogP contribution in [0, 0.1) is 31.1 Å². The van der Waals surface area contributed by atoms with E-state index in [0.717, 1.165) is 0 Å². The van der Waals surface area contributed by atoms with Crippen LogP contribution in [0.2, 0.25) is 0 Å². The van der Waals surface area contributed by atoms with E-state index in [1.165, 1.54) is 0 Å². The molecule has 0 aromatic carbocycles. The molecule has 0 bridgehead atoms. The summed E-state index contributed by atoms with van der Waals surface area (Å²) in [5.41, 5.74) is 0. The van der Waals surface area contributed by atoms with Gasteiger partial charge in [-0.15, -0.1) is 0 Å². The molecule has 0 aliphatic carbocycles. The molecule has 0 saturated heterocycles. The molecule has 0 aromatic rings. The molecule has 3 nitrogen and oxygen atoms in total. The quantitative estimate of drug-likeness (QED) is 0.418. The first-order valence-electron chi connectivity index (χ1n) is 1.65. The average molecular weight is 277 g/mol. The van der Waals surface area contributed by atoms with Crippen LogP contribution in [0.1, 0.15) is 0 Å². The van der Waals surface area contributed by atoms with E-state index in [4.69, 9.17) is 15.1 Å². The second kappa shape index (κ2) is 5.63. The second-order valence-corrected chi connectivity index (χ2v) is 3.95. The Hall–Kier alpha value is 0.860. The molecule has 3 N–H and O–H groups in total. The summed E-state index contributed by atoms with van der Waals surface area (Å²) in [7, 11) is -2.17. The van der Waals surface area contributed by atoms with Crippen molar-refractivity contribution in [2.24, 2.45) is 0 Å². The molecule has 0 heterocycles. The third-order valence-corrected chi connectivity index (χ3v) is 0. The summed E-state index contributed by atoms with van der Waals surface area (Å²) in [6.07, 6.45) is 0. The van der Waals surface area contributed by atoms with Gasteiger partial charge >= 0.3 is 44.9 Å². The molecule has 0 aliphatic heterocycles. The van der Waals surface area contributed by atoms with Gasteiger partial charge in [-0.05, 0) is 0 Å². The Labute approximate surface area is 59.8 Å². The van der Waals surface area contributed by atoms with Gasteiger partial charge < -0.3 is 15.1 Å². The molecule has 0 radical (unpaired) electrons. The Kier molecular flexibility index (Phi) is 7.84. The molecule has 0 aromatic heterocycles. The number of rotatable bonds is 0. The zero-order chi connectivity index (χ0) is 8.08. The van der Waals surface area contributed by atoms with Gasteiger partial charge in [-0.3, -0.25) is 0 Å². The molecule has 0 aliphatic rings. The summed E-state index contributed by atoms with van der Waals surface area (Å²) < 4.78 is 39.7. The van der Waals surface area contributed by atoms with E-state index in [1.807, 2.05) is 0 Å². The van der Waals surface area contributed by atoms with Gasteiger partial charge in [0.25, 0.3) is 0 Å². The van der Waals surface area contributed by atoms with Crippen LogP contribution in [0.3, 0.4) is 0 Å². The fourth-order valence-corrected chi connectivity index (χ4v) is 0. The van der Waals surface area contributed by atoms with Crippen molar-refractivity contribution in [3.05, 3.63) is 0 Å². The first kappa shape index (κ1) is 12.5. The fourth-order valence-electron chi connectivity index (χ4n) is 0. The van der Waals surface area contributed by atoms with Crippen molar-refractivity contribution >= 4 is 7.32 Å². The summed E-state index contributed by atoms with van der Waals surface area (Å²) in [4.78, 5) is 0. The van der Waals surface area contributed by atoms with Crippen LogP contribution < -0.4 is 0 Å². The predicted molar refractivity (Wildman–Crippen MR) is 16.8 cm³/mol. The molecule has 9 heteroatoms. The first-order chi connectivity index (χ1) is 3.73. The summed E-state index contributed by atoms with van der Waals surface area (Å²) >= 11 is -7.33. The molecular formula is H3BF4LaO3. The first-order valence-corrected chi connectivity index (χ1v) is 7.13. The number of hydrogen-bond donors (Lipinski definition) is 3. The van der Waals surface area contributed by atoms with E-state index in [9.17, 15) is 6.42 Å². The van der Waals surface area contributed by atoms with E-state index in [0.29, 0.717) is 0 Å². The second-order valence-electron chi connectivity index (χ2n) is 0.841. The topological polar surface area (TPSA) is 60.7 Å². The maximum absolute atomic E-state index is 9.92. The van der Waals surface area contributed by atoms with Crippen molar-refractivity contribution in [2.45, 2.75) is 0 Å². The average Bonchev–Trinajstić information content (AvgIpc) is 1.19. The monoisotopic (exact) mass is 277 g/mol. The van der Waals surface area contributed by atoms with Crippen LogP contribution in [0.25, 0.3) is 0 Å². The van der Waals surface area contributed by atoms with Gasteiger partial charge in [-0.2, -0.15) is 0 Å². The minimum absolute atomic E-state index is 2.17. The summed E-state index contributed by atoms with van der Waals surface area (Å²) in [5.74, 6) is 0. The van der Waals surface area contributed by atoms with E-state index in [2.05, 4.69) is 0 Å². The molecule has 0 spiro atoms. The third-order valence-electron chi connectivity index (χ3n) is 0. The third kappa shape index (κ3) is 564. The Morgan fingerprint density at radius 2 is 0.889 bits per heavy atom. The van der Waals surface area contributed by atoms with Gasteiger partial charge in [0.1, 0.15) is 0 Å². The molecule has 0 amide bonds. The van der Waals surface area contributed by atoms with E-state index >= 15 is 0 Å². The van der Waals surface area contributed by atoms with Gasteiger partial charge in [-0.25, -0.2) is 0 Å². The molecule has 0 unspecified atom stereocenters. The Bertz CT molecular complexity index is 52.6. The van der Waals surface area contributed by atoms with E-state index in [1.54, 1.807) is 0 Å². The van der Waals surface area contributed by atoms with Crippen molar-refractivity contribution in [1.82, 2.24) is 0 Å². The zero-order valence-electron chi connectivity index (χ0n) is 4.01. The van der Waals surface area contributed by atoms with Crippen molar-refractivity contribution in [3.63, 3.8) is 0 Å². The van der Waals surface area contributed by atoms with Gasteiger partial charge in [-0.1, -0.05) is 0 Å². The zero-order valence-corrected chi connectivity index (χ0v) is 7.63. The Morgan fingerprint density at radius 3 is 0.889 bits per heavy atom.